The van der Waals surface area contributed by atoms with Gasteiger partial charge >= 0.3 is 0 Å². The fourth-order valence-electron chi connectivity index (χ4n) is 2.76. The molecule has 0 aromatic rings. The summed E-state index contributed by atoms with van der Waals surface area (Å²) in [7, 11) is 0. The van der Waals surface area contributed by atoms with Crippen LogP contribution in [0.25, 0.3) is 0 Å². The normalized spacial score (nSPS) is 27.7. The second-order valence-corrected chi connectivity index (χ2v) is 6.08. The summed E-state index contributed by atoms with van der Waals surface area (Å²) in [4.78, 5) is 13.9. The van der Waals surface area contributed by atoms with Gasteiger partial charge in [-0.2, -0.15) is 0 Å². The molecule has 0 radical (unpaired) electrons. The van der Waals surface area contributed by atoms with Crippen LogP contribution in [0.15, 0.2) is 0 Å². The van der Waals surface area contributed by atoms with Gasteiger partial charge in [-0.1, -0.05) is 6.92 Å². The van der Waals surface area contributed by atoms with Crippen molar-refractivity contribution in [3.8, 4) is 0 Å². The highest BCUT2D eigenvalue weighted by Crippen LogP contribution is 2.22. The minimum Gasteiger partial charge on any atom is -0.370 e. The Morgan fingerprint density at radius 1 is 1.61 bits per heavy atom. The number of nitrogens with two attached hydrogens (primary N) is 1. The lowest BCUT2D eigenvalue weighted by molar-refractivity contribution is -0.139. The molecule has 0 spiro atoms. The first-order valence-corrected chi connectivity index (χ1v) is 6.63. The van der Waals surface area contributed by atoms with Crippen LogP contribution in [0.4, 0.5) is 0 Å². The molecular weight excluding hydrogens is 230 g/mol. The largest absolute Gasteiger partial charge is 0.370 e. The molecule has 0 bridgehead atoms. The number of likely N-dealkylation sites (N-methyl/N-ethyl adjacent to an activating group) is 1. The van der Waals surface area contributed by atoms with E-state index in [1.165, 1.54) is 0 Å². The van der Waals surface area contributed by atoms with Crippen molar-refractivity contribution in [1.82, 2.24) is 10.2 Å². The minimum absolute atomic E-state index is 0.174. The molecule has 1 amide bonds. The fraction of sp³-hybridized carbons (Fsp3) is 0.923. The van der Waals surface area contributed by atoms with Crippen LogP contribution in [0.2, 0.25) is 0 Å². The van der Waals surface area contributed by atoms with Crippen molar-refractivity contribution in [1.29, 1.82) is 0 Å². The van der Waals surface area contributed by atoms with Crippen molar-refractivity contribution in [3.63, 3.8) is 0 Å². The summed E-state index contributed by atoms with van der Waals surface area (Å²) in [6, 6.07) is 0. The SMILES string of the molecule is CCNC(C)(CN1CC(C)OC(C)(C)C1)C(N)=O. The van der Waals surface area contributed by atoms with E-state index in [2.05, 4.69) is 31.0 Å². The smallest absolute Gasteiger partial charge is 0.238 e. The van der Waals surface area contributed by atoms with E-state index in [0.29, 0.717) is 6.54 Å². The Labute approximate surface area is 110 Å². The van der Waals surface area contributed by atoms with Crippen LogP contribution in [0.5, 0.6) is 0 Å². The van der Waals surface area contributed by atoms with Gasteiger partial charge in [-0.3, -0.25) is 9.69 Å². The van der Waals surface area contributed by atoms with Crippen LogP contribution in [0.1, 0.15) is 34.6 Å². The van der Waals surface area contributed by atoms with E-state index in [1.54, 1.807) is 0 Å². The predicted octanol–water partition coefficient (Wildman–Crippen LogP) is 0.339. The molecule has 2 unspecified atom stereocenters. The number of carbonyl (C=O) groups excluding carboxylic acids is 1. The molecule has 1 aliphatic rings. The lowest BCUT2D eigenvalue weighted by Crippen LogP contribution is -2.63. The lowest BCUT2D eigenvalue weighted by atomic mass is 9.97. The number of carbonyl (C=O) groups is 1. The lowest BCUT2D eigenvalue weighted by Gasteiger charge is -2.44. The number of nitrogens with zero attached hydrogens (tertiary/aromatic N) is 1. The molecule has 3 N–H and O–H groups in total. The average Bonchev–Trinajstić information content (AvgIpc) is 2.13. The molecular formula is C13H27N3O2. The molecule has 1 saturated heterocycles. The highest BCUT2D eigenvalue weighted by atomic mass is 16.5. The first-order chi connectivity index (χ1) is 8.18. The first kappa shape index (κ1) is 15.4. The molecule has 0 aromatic carbocycles. The van der Waals surface area contributed by atoms with Crippen molar-refractivity contribution in [2.75, 3.05) is 26.2 Å². The summed E-state index contributed by atoms with van der Waals surface area (Å²) in [5.41, 5.74) is 4.66. The van der Waals surface area contributed by atoms with E-state index in [9.17, 15) is 4.79 Å². The topological polar surface area (TPSA) is 67.6 Å². The van der Waals surface area contributed by atoms with Crippen molar-refractivity contribution in [3.05, 3.63) is 0 Å². The first-order valence-electron chi connectivity index (χ1n) is 6.63. The highest BCUT2D eigenvalue weighted by Gasteiger charge is 2.37. The van der Waals surface area contributed by atoms with E-state index in [1.807, 2.05) is 13.8 Å². The van der Waals surface area contributed by atoms with Crippen molar-refractivity contribution < 1.29 is 9.53 Å². The van der Waals surface area contributed by atoms with Crippen molar-refractivity contribution in [2.24, 2.45) is 5.73 Å². The van der Waals surface area contributed by atoms with E-state index in [-0.39, 0.29) is 17.6 Å². The molecule has 0 saturated carbocycles. The van der Waals surface area contributed by atoms with Gasteiger partial charge in [0.15, 0.2) is 0 Å². The summed E-state index contributed by atoms with van der Waals surface area (Å²) >= 11 is 0. The number of ether oxygens (including phenoxy) is 1. The van der Waals surface area contributed by atoms with Crippen molar-refractivity contribution >= 4 is 5.91 Å². The van der Waals surface area contributed by atoms with Crippen LogP contribution < -0.4 is 11.1 Å². The number of nitrogens with one attached hydrogen (secondary N) is 1. The molecule has 1 fully saturated rings. The second-order valence-electron chi connectivity index (χ2n) is 6.08. The molecule has 1 aliphatic heterocycles. The van der Waals surface area contributed by atoms with Gasteiger partial charge in [-0.15, -0.1) is 0 Å². The second kappa shape index (κ2) is 5.55. The number of hydrogen-bond donors (Lipinski definition) is 2. The van der Waals surface area contributed by atoms with Gasteiger partial charge in [0.05, 0.1) is 11.7 Å². The monoisotopic (exact) mass is 257 g/mol. The molecule has 0 aromatic heterocycles. The standard InChI is InChI=1S/C13H27N3O2/c1-6-15-13(5,11(14)17)9-16-7-10(2)18-12(3,4)8-16/h10,15H,6-9H2,1-5H3,(H2,14,17). The zero-order valence-electron chi connectivity index (χ0n) is 12.2. The van der Waals surface area contributed by atoms with Gasteiger partial charge in [0.2, 0.25) is 5.91 Å². The Bertz CT molecular complexity index is 307. The predicted molar refractivity (Wildman–Crippen MR) is 72.3 cm³/mol. The number of primary amides is 1. The quantitative estimate of drug-likeness (QED) is 0.745. The van der Waals surface area contributed by atoms with E-state index in [0.717, 1.165) is 19.6 Å². The molecule has 18 heavy (non-hydrogen) atoms. The molecule has 1 heterocycles. The Morgan fingerprint density at radius 2 is 2.22 bits per heavy atom. The molecule has 0 aliphatic carbocycles. The number of morpholine rings is 1. The zero-order valence-corrected chi connectivity index (χ0v) is 12.2. The third-order valence-electron chi connectivity index (χ3n) is 3.29. The molecule has 106 valence electrons. The Morgan fingerprint density at radius 3 is 2.67 bits per heavy atom. The van der Waals surface area contributed by atoms with E-state index in [4.69, 9.17) is 10.5 Å². The molecule has 5 nitrogen and oxygen atoms in total. The molecule has 2 atom stereocenters. The van der Waals surface area contributed by atoms with Crippen LogP contribution >= 0.6 is 0 Å². The van der Waals surface area contributed by atoms with Gasteiger partial charge < -0.3 is 15.8 Å². The van der Waals surface area contributed by atoms with Crippen LogP contribution in [-0.4, -0.2) is 54.2 Å². The molecule has 5 heteroatoms. The van der Waals surface area contributed by atoms with Crippen LogP contribution in [-0.2, 0) is 9.53 Å². The summed E-state index contributed by atoms with van der Waals surface area (Å²) in [5, 5.41) is 3.19. The Balaban J connectivity index is 2.72. The fourth-order valence-corrected chi connectivity index (χ4v) is 2.76. The number of rotatable bonds is 5. The summed E-state index contributed by atoms with van der Waals surface area (Å²) in [5.74, 6) is -0.304. The van der Waals surface area contributed by atoms with Crippen LogP contribution in [0, 0.1) is 0 Å². The summed E-state index contributed by atoms with van der Waals surface area (Å²) in [6.45, 7) is 13.0. The summed E-state index contributed by atoms with van der Waals surface area (Å²) < 4.78 is 5.86. The average molecular weight is 257 g/mol. The maximum atomic E-state index is 11.6. The Kier molecular flexibility index (Phi) is 4.75. The van der Waals surface area contributed by atoms with Gasteiger partial charge in [-0.25, -0.2) is 0 Å². The summed E-state index contributed by atoms with van der Waals surface area (Å²) in [6.07, 6.45) is 0.174. The third-order valence-corrected chi connectivity index (χ3v) is 3.29. The van der Waals surface area contributed by atoms with E-state index < -0.39 is 5.54 Å². The maximum Gasteiger partial charge on any atom is 0.238 e. The van der Waals surface area contributed by atoms with Crippen LogP contribution in [0.3, 0.4) is 0 Å². The van der Waals surface area contributed by atoms with Gasteiger partial charge in [-0.05, 0) is 34.2 Å². The van der Waals surface area contributed by atoms with Gasteiger partial charge in [0, 0.05) is 19.6 Å². The van der Waals surface area contributed by atoms with Crippen molar-refractivity contribution in [2.45, 2.75) is 51.9 Å². The number of hydrogen-bond acceptors (Lipinski definition) is 4. The van der Waals surface area contributed by atoms with E-state index >= 15 is 0 Å². The minimum atomic E-state index is -0.679. The van der Waals surface area contributed by atoms with Gasteiger partial charge in [0.25, 0.3) is 0 Å². The maximum absolute atomic E-state index is 11.6. The zero-order chi connectivity index (χ0) is 14.0. The third kappa shape index (κ3) is 3.93. The number of amides is 1. The highest BCUT2D eigenvalue weighted by molar-refractivity contribution is 5.84. The Hall–Kier alpha value is -0.650. The van der Waals surface area contributed by atoms with Gasteiger partial charge in [0.1, 0.15) is 5.54 Å². The molecule has 1 rings (SSSR count).